The van der Waals surface area contributed by atoms with Crippen molar-refractivity contribution < 1.29 is 19.4 Å². The Morgan fingerprint density at radius 2 is 2.15 bits per heavy atom. The van der Waals surface area contributed by atoms with Crippen LogP contribution in [-0.4, -0.2) is 64.8 Å². The van der Waals surface area contributed by atoms with Gasteiger partial charge in [0.15, 0.2) is 0 Å². The number of rotatable bonds is 2. The lowest BCUT2D eigenvalue weighted by Gasteiger charge is -2.36. The van der Waals surface area contributed by atoms with Crippen molar-refractivity contribution >= 4 is 12.0 Å². The van der Waals surface area contributed by atoms with E-state index in [1.54, 1.807) is 0 Å². The Labute approximate surface area is 118 Å². The lowest BCUT2D eigenvalue weighted by molar-refractivity contribution is -0.142. The molecule has 0 aliphatic carbocycles. The van der Waals surface area contributed by atoms with E-state index in [-0.39, 0.29) is 30.1 Å². The quantitative estimate of drug-likeness (QED) is 0.825. The van der Waals surface area contributed by atoms with Gasteiger partial charge in [-0.05, 0) is 25.7 Å². The van der Waals surface area contributed by atoms with Gasteiger partial charge in [-0.25, -0.2) is 4.79 Å². The second-order valence-corrected chi connectivity index (χ2v) is 6.02. The van der Waals surface area contributed by atoms with Gasteiger partial charge in [-0.1, -0.05) is 6.92 Å². The highest BCUT2D eigenvalue weighted by atomic mass is 16.5. The topological polar surface area (TPSA) is 70.1 Å². The molecule has 0 aromatic rings. The maximum absolute atomic E-state index is 12.7. The summed E-state index contributed by atoms with van der Waals surface area (Å²) in [5.41, 5.74) is 0. The van der Waals surface area contributed by atoms with Crippen LogP contribution in [0.5, 0.6) is 0 Å². The molecule has 0 aromatic heterocycles. The maximum Gasteiger partial charge on any atom is 0.320 e. The molecule has 4 unspecified atom stereocenters. The Balaban J connectivity index is 1.70. The fraction of sp³-hybridized carbons (Fsp3) is 0.857. The molecule has 6 heteroatoms. The number of carbonyl (C=O) groups is 2. The second kappa shape index (κ2) is 5.24. The Morgan fingerprint density at radius 1 is 1.35 bits per heavy atom. The van der Waals surface area contributed by atoms with Crippen LogP contribution in [0.15, 0.2) is 0 Å². The van der Waals surface area contributed by atoms with E-state index < -0.39 is 5.97 Å². The number of amides is 2. The minimum Gasteiger partial charge on any atom is -0.481 e. The predicted octanol–water partition coefficient (Wildman–Crippen LogP) is 1.15. The first-order chi connectivity index (χ1) is 9.61. The van der Waals surface area contributed by atoms with Crippen molar-refractivity contribution in [3.8, 4) is 0 Å². The SMILES string of the molecule is CCC1CN(C(=O)N2C3CCC2C(C(=O)O)C3)CCO1. The number of carboxylic acid groups (broad SMARTS) is 1. The van der Waals surface area contributed by atoms with Gasteiger partial charge < -0.3 is 19.6 Å². The van der Waals surface area contributed by atoms with E-state index in [1.807, 2.05) is 9.80 Å². The number of hydrogen-bond acceptors (Lipinski definition) is 3. The summed E-state index contributed by atoms with van der Waals surface area (Å²) in [5.74, 6) is -1.14. The van der Waals surface area contributed by atoms with Gasteiger partial charge in [-0.2, -0.15) is 0 Å². The van der Waals surface area contributed by atoms with Crippen LogP contribution in [0.25, 0.3) is 0 Å². The summed E-state index contributed by atoms with van der Waals surface area (Å²) < 4.78 is 5.59. The molecule has 3 rings (SSSR count). The van der Waals surface area contributed by atoms with Gasteiger partial charge in [0.2, 0.25) is 0 Å². The van der Waals surface area contributed by atoms with Crippen molar-refractivity contribution in [3.05, 3.63) is 0 Å². The highest BCUT2D eigenvalue weighted by molar-refractivity contribution is 5.79. The molecule has 3 fully saturated rings. The number of aliphatic carboxylic acids is 1. The predicted molar refractivity (Wildman–Crippen MR) is 71.4 cm³/mol. The molecule has 0 radical (unpaired) electrons. The summed E-state index contributed by atoms with van der Waals surface area (Å²) in [7, 11) is 0. The molecule has 4 atom stereocenters. The number of carbonyl (C=O) groups excluding carboxylic acids is 1. The number of ether oxygens (including phenoxy) is 1. The zero-order chi connectivity index (χ0) is 14.3. The highest BCUT2D eigenvalue weighted by Crippen LogP contribution is 2.42. The van der Waals surface area contributed by atoms with E-state index in [9.17, 15) is 14.7 Å². The fourth-order valence-electron chi connectivity index (χ4n) is 3.86. The molecule has 1 N–H and O–H groups in total. The lowest BCUT2D eigenvalue weighted by Crippen LogP contribution is -2.52. The van der Waals surface area contributed by atoms with Crippen molar-refractivity contribution in [3.63, 3.8) is 0 Å². The third-order valence-electron chi connectivity index (χ3n) is 4.94. The second-order valence-electron chi connectivity index (χ2n) is 6.02. The first-order valence-corrected chi connectivity index (χ1v) is 7.53. The van der Waals surface area contributed by atoms with Gasteiger partial charge in [0.25, 0.3) is 0 Å². The highest BCUT2D eigenvalue weighted by Gasteiger charge is 2.52. The van der Waals surface area contributed by atoms with Crippen molar-refractivity contribution in [2.75, 3.05) is 19.7 Å². The summed E-state index contributed by atoms with van der Waals surface area (Å²) in [5, 5.41) is 9.25. The third kappa shape index (κ3) is 2.16. The van der Waals surface area contributed by atoms with E-state index in [2.05, 4.69) is 6.92 Å². The standard InChI is InChI=1S/C14H22N2O4/c1-2-10-8-15(5-6-20-10)14(19)16-9-3-4-12(16)11(7-9)13(17)18/h9-12H,2-8H2,1H3,(H,17,18). The van der Waals surface area contributed by atoms with Crippen molar-refractivity contribution in [1.29, 1.82) is 0 Å². The zero-order valence-corrected chi connectivity index (χ0v) is 11.8. The number of hydrogen-bond donors (Lipinski definition) is 1. The molecule has 3 heterocycles. The van der Waals surface area contributed by atoms with Gasteiger partial charge >= 0.3 is 12.0 Å². The van der Waals surface area contributed by atoms with Crippen LogP contribution in [-0.2, 0) is 9.53 Å². The van der Waals surface area contributed by atoms with E-state index in [1.165, 1.54) is 0 Å². The van der Waals surface area contributed by atoms with Crippen LogP contribution in [0.4, 0.5) is 4.79 Å². The third-order valence-corrected chi connectivity index (χ3v) is 4.94. The van der Waals surface area contributed by atoms with Crippen molar-refractivity contribution in [2.24, 2.45) is 5.92 Å². The zero-order valence-electron chi connectivity index (χ0n) is 11.8. The lowest BCUT2D eigenvalue weighted by atomic mass is 9.89. The van der Waals surface area contributed by atoms with Crippen molar-refractivity contribution in [1.82, 2.24) is 9.80 Å². The molecule has 3 aliphatic rings. The van der Waals surface area contributed by atoms with E-state index in [0.717, 1.165) is 19.3 Å². The van der Waals surface area contributed by atoms with Crippen LogP contribution in [0, 0.1) is 5.92 Å². The molecule has 112 valence electrons. The summed E-state index contributed by atoms with van der Waals surface area (Å²) in [6.45, 7) is 3.88. The minimum absolute atomic E-state index is 0.0167. The molecule has 20 heavy (non-hydrogen) atoms. The number of urea groups is 1. The first-order valence-electron chi connectivity index (χ1n) is 7.53. The Morgan fingerprint density at radius 3 is 2.80 bits per heavy atom. The summed E-state index contributed by atoms with van der Waals surface area (Å²) >= 11 is 0. The smallest absolute Gasteiger partial charge is 0.320 e. The Bertz CT molecular complexity index is 414. The van der Waals surface area contributed by atoms with Crippen molar-refractivity contribution in [2.45, 2.75) is 50.8 Å². The van der Waals surface area contributed by atoms with Crippen LogP contribution < -0.4 is 0 Å². The molecule has 0 aromatic carbocycles. The monoisotopic (exact) mass is 282 g/mol. The van der Waals surface area contributed by atoms with E-state index in [0.29, 0.717) is 26.1 Å². The molecule has 0 saturated carbocycles. The Kier molecular flexibility index (Phi) is 3.58. The van der Waals surface area contributed by atoms with Gasteiger partial charge in [0, 0.05) is 25.2 Å². The molecule has 3 saturated heterocycles. The molecule has 6 nitrogen and oxygen atoms in total. The molecule has 2 bridgehead atoms. The molecular formula is C14H22N2O4. The average molecular weight is 282 g/mol. The number of morpholine rings is 1. The largest absolute Gasteiger partial charge is 0.481 e. The first kappa shape index (κ1) is 13.7. The molecular weight excluding hydrogens is 260 g/mol. The normalized spacial score (nSPS) is 36.5. The van der Waals surface area contributed by atoms with E-state index >= 15 is 0 Å². The fourth-order valence-corrected chi connectivity index (χ4v) is 3.86. The summed E-state index contributed by atoms with van der Waals surface area (Å²) in [6.07, 6.45) is 3.40. The summed E-state index contributed by atoms with van der Waals surface area (Å²) in [4.78, 5) is 27.6. The molecule has 3 aliphatic heterocycles. The molecule has 2 amide bonds. The van der Waals surface area contributed by atoms with Gasteiger partial charge in [-0.15, -0.1) is 0 Å². The number of fused-ring (bicyclic) bond motifs is 2. The molecule has 0 spiro atoms. The van der Waals surface area contributed by atoms with E-state index in [4.69, 9.17) is 4.74 Å². The number of carboxylic acids is 1. The van der Waals surface area contributed by atoms with Gasteiger partial charge in [-0.3, -0.25) is 4.79 Å². The van der Waals surface area contributed by atoms with Crippen LogP contribution in [0.3, 0.4) is 0 Å². The van der Waals surface area contributed by atoms with Crippen LogP contribution in [0.1, 0.15) is 32.6 Å². The number of nitrogens with zero attached hydrogens (tertiary/aromatic N) is 2. The Hall–Kier alpha value is -1.30. The average Bonchev–Trinajstić information content (AvgIpc) is 3.04. The maximum atomic E-state index is 12.7. The van der Waals surface area contributed by atoms with Crippen LogP contribution >= 0.6 is 0 Å². The van der Waals surface area contributed by atoms with Gasteiger partial charge in [0.1, 0.15) is 0 Å². The van der Waals surface area contributed by atoms with Crippen LogP contribution in [0.2, 0.25) is 0 Å². The summed E-state index contributed by atoms with van der Waals surface area (Å²) in [6, 6.07) is 0.0347. The minimum atomic E-state index is -0.761. The van der Waals surface area contributed by atoms with Gasteiger partial charge in [0.05, 0.1) is 18.6 Å².